The molecule has 1 aromatic carbocycles. The third-order valence-electron chi connectivity index (χ3n) is 4.71. The molecule has 2 aliphatic rings. The van der Waals surface area contributed by atoms with Crippen molar-refractivity contribution in [3.8, 4) is 5.75 Å². The predicted molar refractivity (Wildman–Crippen MR) is 114 cm³/mol. The van der Waals surface area contributed by atoms with Crippen LogP contribution < -0.4 is 10.1 Å². The number of benzene rings is 1. The van der Waals surface area contributed by atoms with Gasteiger partial charge in [0.15, 0.2) is 5.96 Å². The minimum absolute atomic E-state index is 0. The molecule has 6 nitrogen and oxygen atoms in total. The average Bonchev–Trinajstić information content (AvgIpc) is 3.22. The first-order valence-corrected chi connectivity index (χ1v) is 9.34. The minimum Gasteiger partial charge on any atom is -0.488 e. The number of rotatable bonds is 6. The fourth-order valence-corrected chi connectivity index (χ4v) is 3.41. The molecule has 0 bridgehead atoms. The summed E-state index contributed by atoms with van der Waals surface area (Å²) < 4.78 is 41.3. The number of nitrogens with one attached hydrogen (secondary N) is 1. The summed E-state index contributed by atoms with van der Waals surface area (Å²) in [4.78, 5) is 6.55. The Kier molecular flexibility index (Phi) is 9.66. The van der Waals surface area contributed by atoms with E-state index in [-0.39, 0.29) is 36.2 Å². The Labute approximate surface area is 181 Å². The first kappa shape index (κ1) is 23.1. The van der Waals surface area contributed by atoms with Gasteiger partial charge in [-0.05, 0) is 30.5 Å². The summed E-state index contributed by atoms with van der Waals surface area (Å²) in [5.41, 5.74) is 0.937. The summed E-state index contributed by atoms with van der Waals surface area (Å²) in [6.07, 6.45) is -0.138. The second-order valence-electron chi connectivity index (χ2n) is 6.66. The average molecular weight is 511 g/mol. The molecule has 0 radical (unpaired) electrons. The molecule has 0 aromatic heterocycles. The lowest BCUT2D eigenvalue weighted by molar-refractivity contribution is -0.0817. The van der Waals surface area contributed by atoms with Crippen molar-refractivity contribution in [2.24, 2.45) is 4.99 Å². The largest absolute Gasteiger partial charge is 0.488 e. The molecule has 9 heteroatoms. The van der Waals surface area contributed by atoms with E-state index in [0.29, 0.717) is 18.9 Å². The highest BCUT2D eigenvalue weighted by Gasteiger charge is 2.32. The van der Waals surface area contributed by atoms with Gasteiger partial charge < -0.3 is 24.4 Å². The molecule has 2 atom stereocenters. The lowest BCUT2D eigenvalue weighted by atomic mass is 10.1. The molecular formula is C19H28F2IN3O3. The normalized spacial score (nSPS) is 22.9. The van der Waals surface area contributed by atoms with Gasteiger partial charge in [0.25, 0.3) is 6.43 Å². The van der Waals surface area contributed by atoms with Gasteiger partial charge >= 0.3 is 0 Å². The first-order valence-electron chi connectivity index (χ1n) is 9.34. The quantitative estimate of drug-likeness (QED) is 0.362. The van der Waals surface area contributed by atoms with Crippen LogP contribution >= 0.6 is 24.0 Å². The van der Waals surface area contributed by atoms with Crippen molar-refractivity contribution in [1.29, 1.82) is 0 Å². The van der Waals surface area contributed by atoms with Crippen LogP contribution in [0.15, 0.2) is 29.3 Å². The van der Waals surface area contributed by atoms with E-state index in [2.05, 4.69) is 15.2 Å². The van der Waals surface area contributed by atoms with Crippen LogP contribution in [0.1, 0.15) is 18.4 Å². The molecule has 28 heavy (non-hydrogen) atoms. The van der Waals surface area contributed by atoms with Crippen molar-refractivity contribution in [2.45, 2.75) is 38.0 Å². The molecule has 2 saturated heterocycles. The maximum atomic E-state index is 12.3. The second kappa shape index (κ2) is 11.7. The Morgan fingerprint density at radius 2 is 2.14 bits per heavy atom. The number of guanidine groups is 1. The number of aliphatic imine (C=N–C) groups is 1. The summed E-state index contributed by atoms with van der Waals surface area (Å²) in [5.74, 6) is 1.23. The van der Waals surface area contributed by atoms with Gasteiger partial charge in [-0.3, -0.25) is 4.99 Å². The van der Waals surface area contributed by atoms with Crippen LogP contribution in [0.3, 0.4) is 0 Å². The Morgan fingerprint density at radius 1 is 1.32 bits per heavy atom. The molecule has 2 heterocycles. The van der Waals surface area contributed by atoms with Gasteiger partial charge in [-0.1, -0.05) is 12.1 Å². The zero-order valence-corrected chi connectivity index (χ0v) is 18.3. The number of halogens is 3. The van der Waals surface area contributed by atoms with Crippen LogP contribution in [-0.4, -0.2) is 69.5 Å². The Balaban J connectivity index is 0.00000280. The highest BCUT2D eigenvalue weighted by atomic mass is 127. The van der Waals surface area contributed by atoms with Gasteiger partial charge in [0.2, 0.25) is 0 Å². The second-order valence-corrected chi connectivity index (χ2v) is 6.66. The fourth-order valence-electron chi connectivity index (χ4n) is 3.41. The molecular weight excluding hydrogens is 483 g/mol. The highest BCUT2D eigenvalue weighted by molar-refractivity contribution is 14.0. The molecule has 158 valence electrons. The van der Waals surface area contributed by atoms with Gasteiger partial charge in [-0.25, -0.2) is 8.78 Å². The van der Waals surface area contributed by atoms with E-state index < -0.39 is 13.0 Å². The SMILES string of the molecule is CN=C(NCc1cccc(OCC(F)F)c1)N1CCOC(C2CCCO2)C1.I. The summed E-state index contributed by atoms with van der Waals surface area (Å²) in [7, 11) is 1.75. The Morgan fingerprint density at radius 3 is 2.86 bits per heavy atom. The van der Waals surface area contributed by atoms with Crippen LogP contribution in [0, 0.1) is 0 Å². The fraction of sp³-hybridized carbons (Fsp3) is 0.632. The topological polar surface area (TPSA) is 55.3 Å². The molecule has 0 amide bonds. The molecule has 2 fully saturated rings. The number of alkyl halides is 2. The molecule has 0 aliphatic carbocycles. The van der Waals surface area contributed by atoms with E-state index >= 15 is 0 Å². The number of morpholine rings is 1. The van der Waals surface area contributed by atoms with E-state index in [4.69, 9.17) is 14.2 Å². The summed E-state index contributed by atoms with van der Waals surface area (Å²) in [5, 5.41) is 3.33. The molecule has 1 aromatic rings. The van der Waals surface area contributed by atoms with Gasteiger partial charge in [0.1, 0.15) is 18.5 Å². The van der Waals surface area contributed by atoms with Crippen LogP contribution in [0.4, 0.5) is 8.78 Å². The molecule has 1 N–H and O–H groups in total. The van der Waals surface area contributed by atoms with E-state index in [1.807, 2.05) is 6.07 Å². The highest BCUT2D eigenvalue weighted by Crippen LogP contribution is 2.21. The van der Waals surface area contributed by atoms with Crippen LogP contribution in [0.25, 0.3) is 0 Å². The number of nitrogens with zero attached hydrogens (tertiary/aromatic N) is 2. The Bertz CT molecular complexity index is 630. The van der Waals surface area contributed by atoms with Crippen molar-refractivity contribution in [2.75, 3.05) is 40.0 Å². The predicted octanol–water partition coefficient (Wildman–Crippen LogP) is 2.90. The Hall–Kier alpha value is -1.20. The molecule has 0 saturated carbocycles. The standard InChI is InChI=1S/C19H27F2N3O3.HI/c1-22-19(24-7-9-26-17(12-24)16-6-3-8-25-16)23-11-14-4-2-5-15(10-14)27-13-18(20)21;/h2,4-5,10,16-18H,3,6-9,11-13H2,1H3,(H,22,23);1H. The maximum Gasteiger partial charge on any atom is 0.272 e. The lowest BCUT2D eigenvalue weighted by Gasteiger charge is -2.37. The van der Waals surface area contributed by atoms with Crippen molar-refractivity contribution in [3.63, 3.8) is 0 Å². The summed E-state index contributed by atoms with van der Waals surface area (Å²) >= 11 is 0. The number of hydrogen-bond acceptors (Lipinski definition) is 4. The zero-order chi connectivity index (χ0) is 19.1. The summed E-state index contributed by atoms with van der Waals surface area (Å²) in [6.45, 7) is 2.88. The van der Waals surface area contributed by atoms with Gasteiger partial charge in [0, 0.05) is 33.3 Å². The maximum absolute atomic E-state index is 12.3. The monoisotopic (exact) mass is 511 g/mol. The minimum atomic E-state index is -2.48. The van der Waals surface area contributed by atoms with Gasteiger partial charge in [-0.2, -0.15) is 0 Å². The van der Waals surface area contributed by atoms with E-state index in [1.165, 1.54) is 0 Å². The summed E-state index contributed by atoms with van der Waals surface area (Å²) in [6, 6.07) is 7.15. The molecule has 0 spiro atoms. The van der Waals surface area contributed by atoms with Crippen molar-refractivity contribution in [1.82, 2.24) is 10.2 Å². The number of ether oxygens (including phenoxy) is 3. The van der Waals surface area contributed by atoms with Crippen molar-refractivity contribution >= 4 is 29.9 Å². The van der Waals surface area contributed by atoms with E-state index in [9.17, 15) is 8.78 Å². The van der Waals surface area contributed by atoms with Crippen molar-refractivity contribution in [3.05, 3.63) is 29.8 Å². The third-order valence-corrected chi connectivity index (χ3v) is 4.71. The third kappa shape index (κ3) is 6.70. The molecule has 2 unspecified atom stereocenters. The molecule has 3 rings (SSSR count). The van der Waals surface area contributed by atoms with Crippen molar-refractivity contribution < 1.29 is 23.0 Å². The number of hydrogen-bond donors (Lipinski definition) is 1. The first-order chi connectivity index (χ1) is 13.2. The zero-order valence-electron chi connectivity index (χ0n) is 16.0. The van der Waals surface area contributed by atoms with Gasteiger partial charge in [0.05, 0.1) is 12.7 Å². The van der Waals surface area contributed by atoms with E-state index in [0.717, 1.165) is 44.1 Å². The molecule has 2 aliphatic heterocycles. The van der Waals surface area contributed by atoms with Crippen LogP contribution in [-0.2, 0) is 16.0 Å². The smallest absolute Gasteiger partial charge is 0.272 e. The van der Waals surface area contributed by atoms with Crippen LogP contribution in [0.2, 0.25) is 0 Å². The van der Waals surface area contributed by atoms with Gasteiger partial charge in [-0.15, -0.1) is 24.0 Å². The lowest BCUT2D eigenvalue weighted by Crippen LogP contribution is -2.53. The van der Waals surface area contributed by atoms with E-state index in [1.54, 1.807) is 25.2 Å². The van der Waals surface area contributed by atoms with Crippen LogP contribution in [0.5, 0.6) is 5.75 Å².